The largest absolute Gasteiger partial charge is 0.490 e. The van der Waals surface area contributed by atoms with Crippen LogP contribution in [0, 0.1) is 3.57 Å². The van der Waals surface area contributed by atoms with E-state index in [2.05, 4.69) is 48.6 Å². The molecule has 0 unspecified atom stereocenters. The van der Waals surface area contributed by atoms with Crippen LogP contribution in [0.25, 0.3) is 10.9 Å². The molecule has 0 bridgehead atoms. The minimum absolute atomic E-state index is 0.179. The maximum Gasteiger partial charge on any atom is 0.335 e. The number of carbonyl (C=O) groups is 1. The predicted molar refractivity (Wildman–Crippen MR) is 154 cm³/mol. The normalized spacial score (nSPS) is 11.2. The molecule has 0 aliphatic carbocycles. The number of rotatable bonds is 9. The van der Waals surface area contributed by atoms with Crippen molar-refractivity contribution in [2.75, 3.05) is 6.61 Å². The number of hydrogen-bond acceptors (Lipinski definition) is 6. The van der Waals surface area contributed by atoms with E-state index in [-0.39, 0.29) is 17.7 Å². The van der Waals surface area contributed by atoms with Crippen molar-refractivity contribution >= 4 is 61.6 Å². The minimum Gasteiger partial charge on any atom is -0.490 e. The summed E-state index contributed by atoms with van der Waals surface area (Å²) in [5, 5.41) is 14.2. The third-order valence-corrected chi connectivity index (χ3v) is 6.70. The van der Waals surface area contributed by atoms with Crippen LogP contribution >= 0.6 is 38.5 Å². The number of ether oxygens (including phenoxy) is 2. The minimum atomic E-state index is -0.991. The number of carboxylic acid groups (broad SMARTS) is 1. The molecule has 0 fully saturated rings. The Morgan fingerprint density at radius 2 is 1.97 bits per heavy atom. The van der Waals surface area contributed by atoms with Crippen LogP contribution in [-0.2, 0) is 13.0 Å². The predicted octanol–water partition coefficient (Wildman–Crippen LogP) is 5.88. The van der Waals surface area contributed by atoms with Crippen LogP contribution in [0.4, 0.5) is 0 Å². The second-order valence-corrected chi connectivity index (χ2v) is 10.0. The van der Waals surface area contributed by atoms with Gasteiger partial charge in [-0.25, -0.2) is 9.78 Å². The molecule has 37 heavy (non-hydrogen) atoms. The lowest BCUT2D eigenvalue weighted by molar-refractivity contribution is 0.0696. The summed E-state index contributed by atoms with van der Waals surface area (Å²) in [5.41, 5.74) is 2.02. The van der Waals surface area contributed by atoms with Crippen molar-refractivity contribution in [2.24, 2.45) is 5.10 Å². The first-order chi connectivity index (χ1) is 17.8. The second-order valence-electron chi connectivity index (χ2n) is 7.96. The number of aromatic nitrogens is 2. The number of fused-ring (bicyclic) bond motifs is 1. The van der Waals surface area contributed by atoms with Crippen molar-refractivity contribution in [1.82, 2.24) is 9.66 Å². The Balaban J connectivity index is 1.66. The smallest absolute Gasteiger partial charge is 0.335 e. The quantitative estimate of drug-likeness (QED) is 0.176. The highest BCUT2D eigenvalue weighted by atomic mass is 127. The monoisotopic (exact) mass is 675 g/mol. The van der Waals surface area contributed by atoms with Crippen molar-refractivity contribution in [2.45, 2.75) is 26.9 Å². The number of aryl methyl sites for hydroxylation is 1. The lowest BCUT2D eigenvalue weighted by Gasteiger charge is -2.15. The first kappa shape index (κ1) is 26.8. The fourth-order valence-electron chi connectivity index (χ4n) is 3.68. The SMILES string of the molecule is CCOc1cc(C=Nn2c(CC)nc3ccc(Br)cc3c2=O)cc(I)c1OCc1cccc(C(=O)O)c1. The molecule has 0 radical (unpaired) electrons. The van der Waals surface area contributed by atoms with E-state index in [0.717, 1.165) is 19.2 Å². The van der Waals surface area contributed by atoms with Crippen LogP contribution in [0.1, 0.15) is 41.2 Å². The highest BCUT2D eigenvalue weighted by molar-refractivity contribution is 14.1. The van der Waals surface area contributed by atoms with Crippen molar-refractivity contribution < 1.29 is 19.4 Å². The van der Waals surface area contributed by atoms with Crippen molar-refractivity contribution in [3.63, 3.8) is 0 Å². The Morgan fingerprint density at radius 3 is 2.70 bits per heavy atom. The fraction of sp³-hybridized carbons (Fsp3) is 0.185. The highest BCUT2D eigenvalue weighted by Gasteiger charge is 2.14. The van der Waals surface area contributed by atoms with Gasteiger partial charge in [0.2, 0.25) is 0 Å². The summed E-state index contributed by atoms with van der Waals surface area (Å²) >= 11 is 5.56. The van der Waals surface area contributed by atoms with E-state index in [9.17, 15) is 14.7 Å². The first-order valence-corrected chi connectivity index (χ1v) is 13.3. The van der Waals surface area contributed by atoms with Gasteiger partial charge in [-0.05, 0) is 83.1 Å². The summed E-state index contributed by atoms with van der Waals surface area (Å²) < 4.78 is 14.8. The molecule has 0 saturated heterocycles. The highest BCUT2D eigenvalue weighted by Crippen LogP contribution is 2.34. The summed E-state index contributed by atoms with van der Waals surface area (Å²) in [4.78, 5) is 29.0. The summed E-state index contributed by atoms with van der Waals surface area (Å²) in [7, 11) is 0. The van der Waals surface area contributed by atoms with Gasteiger partial charge in [0.05, 0.1) is 32.9 Å². The van der Waals surface area contributed by atoms with Gasteiger partial charge in [-0.2, -0.15) is 9.78 Å². The van der Waals surface area contributed by atoms with E-state index in [1.165, 1.54) is 10.7 Å². The average molecular weight is 676 g/mol. The molecule has 0 aliphatic heterocycles. The van der Waals surface area contributed by atoms with Crippen molar-refractivity contribution in [1.29, 1.82) is 0 Å². The molecule has 1 N–H and O–H groups in total. The zero-order chi connectivity index (χ0) is 26.5. The fourth-order valence-corrected chi connectivity index (χ4v) is 4.82. The van der Waals surface area contributed by atoms with Gasteiger partial charge in [-0.3, -0.25) is 4.79 Å². The molecule has 0 amide bonds. The van der Waals surface area contributed by atoms with E-state index < -0.39 is 5.97 Å². The Morgan fingerprint density at radius 1 is 1.16 bits per heavy atom. The second kappa shape index (κ2) is 11.9. The van der Waals surface area contributed by atoms with Gasteiger partial charge in [-0.15, -0.1) is 0 Å². The molecule has 190 valence electrons. The summed E-state index contributed by atoms with van der Waals surface area (Å²) in [6.45, 7) is 4.40. The standard InChI is InChI=1S/C27H23BrIN3O5/c1-3-24-31-22-9-8-19(28)13-20(22)26(33)32(24)30-14-17-11-21(29)25(23(12-17)36-4-2)37-15-16-6-5-7-18(10-16)27(34)35/h5-14H,3-4,15H2,1-2H3,(H,34,35). The van der Waals surface area contributed by atoms with Crippen molar-refractivity contribution in [3.05, 3.63) is 95.5 Å². The third kappa shape index (κ3) is 6.19. The molecule has 0 aliphatic rings. The van der Waals surface area contributed by atoms with Gasteiger partial charge < -0.3 is 14.6 Å². The first-order valence-electron chi connectivity index (χ1n) is 11.5. The summed E-state index contributed by atoms with van der Waals surface area (Å²) in [6.07, 6.45) is 2.13. The van der Waals surface area contributed by atoms with Crippen LogP contribution in [0.15, 0.2) is 69.0 Å². The van der Waals surface area contributed by atoms with E-state index >= 15 is 0 Å². The number of hydrogen-bond donors (Lipinski definition) is 1. The van der Waals surface area contributed by atoms with E-state index in [0.29, 0.717) is 41.3 Å². The molecule has 0 atom stereocenters. The molecule has 1 heterocycles. The van der Waals surface area contributed by atoms with E-state index in [4.69, 9.17) is 9.47 Å². The molecular weight excluding hydrogens is 653 g/mol. The number of halogens is 2. The molecule has 4 rings (SSSR count). The van der Waals surface area contributed by atoms with E-state index in [1.54, 1.807) is 42.6 Å². The molecule has 3 aromatic carbocycles. The average Bonchev–Trinajstić information content (AvgIpc) is 2.88. The number of benzene rings is 3. The molecule has 8 nitrogen and oxygen atoms in total. The number of carboxylic acids is 1. The van der Waals surface area contributed by atoms with Gasteiger partial charge >= 0.3 is 5.97 Å². The molecule has 1 aromatic heterocycles. The van der Waals surface area contributed by atoms with Crippen LogP contribution in [0.3, 0.4) is 0 Å². The van der Waals surface area contributed by atoms with E-state index in [1.807, 2.05) is 26.0 Å². The Bertz CT molecular complexity index is 1570. The zero-order valence-corrected chi connectivity index (χ0v) is 23.8. The van der Waals surface area contributed by atoms with Crippen LogP contribution in [-0.4, -0.2) is 33.6 Å². The number of aromatic carboxylic acids is 1. The van der Waals surface area contributed by atoms with Gasteiger partial charge in [-0.1, -0.05) is 35.0 Å². The van der Waals surface area contributed by atoms with Crippen LogP contribution in [0.2, 0.25) is 0 Å². The van der Waals surface area contributed by atoms with Crippen LogP contribution < -0.4 is 15.0 Å². The topological polar surface area (TPSA) is 103 Å². The molecular formula is C27H23BrIN3O5. The lowest BCUT2D eigenvalue weighted by Crippen LogP contribution is -2.22. The number of nitrogens with zero attached hydrogens (tertiary/aromatic N) is 3. The van der Waals surface area contributed by atoms with Gasteiger partial charge in [0, 0.05) is 10.9 Å². The van der Waals surface area contributed by atoms with Gasteiger partial charge in [0.25, 0.3) is 5.56 Å². The lowest BCUT2D eigenvalue weighted by atomic mass is 10.1. The zero-order valence-electron chi connectivity index (χ0n) is 20.1. The Hall–Kier alpha value is -3.25. The molecule has 0 saturated carbocycles. The van der Waals surface area contributed by atoms with Crippen molar-refractivity contribution in [3.8, 4) is 11.5 Å². The third-order valence-electron chi connectivity index (χ3n) is 5.40. The molecule has 0 spiro atoms. The molecule has 4 aromatic rings. The Labute approximate surface area is 235 Å². The van der Waals surface area contributed by atoms with Gasteiger partial charge in [0.1, 0.15) is 12.4 Å². The molecule has 10 heteroatoms. The van der Waals surface area contributed by atoms with Crippen LogP contribution in [0.5, 0.6) is 11.5 Å². The maximum atomic E-state index is 13.2. The maximum absolute atomic E-state index is 13.2. The summed E-state index contributed by atoms with van der Waals surface area (Å²) in [5.74, 6) is 0.631. The van der Waals surface area contributed by atoms with Gasteiger partial charge in [0.15, 0.2) is 11.5 Å². The Kier molecular flexibility index (Phi) is 8.59. The summed E-state index contributed by atoms with van der Waals surface area (Å²) in [6, 6.07) is 15.7.